The maximum Gasteiger partial charge on any atom is 0.410 e. The molecule has 11 heteroatoms. The lowest BCUT2D eigenvalue weighted by Gasteiger charge is -2.28. The van der Waals surface area contributed by atoms with Gasteiger partial charge in [-0.3, -0.25) is 0 Å². The van der Waals surface area contributed by atoms with E-state index in [0.29, 0.717) is 0 Å². The van der Waals surface area contributed by atoms with Crippen LogP contribution in [0, 0.1) is 5.82 Å². The number of hydrogen-bond acceptors (Lipinski definition) is 6. The summed E-state index contributed by atoms with van der Waals surface area (Å²) in [6, 6.07) is -0.736. The molecule has 2 aromatic heterocycles. The summed E-state index contributed by atoms with van der Waals surface area (Å²) < 4.78 is 34.3. The lowest BCUT2D eigenvalue weighted by atomic mass is 10.2. The van der Waals surface area contributed by atoms with E-state index in [1.807, 2.05) is 0 Å². The number of likely N-dealkylation sites (N-methyl/N-ethyl adjacent to an activating group) is 1. The van der Waals surface area contributed by atoms with E-state index in [9.17, 15) is 13.6 Å². The molecule has 1 unspecified atom stereocenters. The number of alkyl halides is 1. The Bertz CT molecular complexity index is 925. The third-order valence-electron chi connectivity index (χ3n) is 4.30. The first-order valence-electron chi connectivity index (χ1n) is 8.50. The van der Waals surface area contributed by atoms with Crippen LogP contribution in [-0.4, -0.2) is 63.9 Å². The predicted molar refractivity (Wildman–Crippen MR) is 102 cm³/mol. The zero-order chi connectivity index (χ0) is 20.8. The molecule has 0 aromatic carbocycles. The highest BCUT2D eigenvalue weighted by Gasteiger charge is 2.40. The second-order valence-corrected chi connectivity index (χ2v) is 8.22. The van der Waals surface area contributed by atoms with E-state index < -0.39 is 29.7 Å². The van der Waals surface area contributed by atoms with E-state index in [1.165, 1.54) is 16.0 Å². The normalized spacial score (nSPS) is 19.9. The third kappa shape index (κ3) is 4.05. The molecule has 3 heterocycles. The molecule has 1 fully saturated rings. The number of likely N-dealkylation sites (tertiary alicyclic amines) is 1. The summed E-state index contributed by atoms with van der Waals surface area (Å²) in [5.74, 6) is -0.645. The van der Waals surface area contributed by atoms with Gasteiger partial charge in [-0.25, -0.2) is 23.5 Å². The molecule has 7 nitrogen and oxygen atoms in total. The number of amides is 1. The van der Waals surface area contributed by atoms with Crippen molar-refractivity contribution in [2.24, 2.45) is 0 Å². The van der Waals surface area contributed by atoms with Crippen LogP contribution in [0.25, 0.3) is 10.9 Å². The minimum absolute atomic E-state index is 0.0686. The van der Waals surface area contributed by atoms with Crippen molar-refractivity contribution in [2.75, 3.05) is 25.0 Å². The number of hydrogen-bond donors (Lipinski definition) is 0. The molecular weight excluding hydrogens is 415 g/mol. The summed E-state index contributed by atoms with van der Waals surface area (Å²) in [6.45, 7) is 5.15. The number of ether oxygens (including phenoxy) is 1. The standard InChI is InChI=1S/C17H19Cl2F2N5O2/c1-17(2,3)28-16(27)26-6-9(20)10(7-26)25(4)14-8-5-22-13(18)11(21)12(8)23-15(19)24-14/h5,9-10H,6-7H2,1-4H3/t9?,10-/m0/s1. The van der Waals surface area contributed by atoms with E-state index in [1.54, 1.807) is 27.8 Å². The van der Waals surface area contributed by atoms with Crippen molar-refractivity contribution in [1.29, 1.82) is 0 Å². The number of halogens is 4. The lowest BCUT2D eigenvalue weighted by Crippen LogP contribution is -2.41. The second kappa shape index (κ2) is 7.44. The first-order chi connectivity index (χ1) is 13.0. The van der Waals surface area contributed by atoms with Crippen LogP contribution >= 0.6 is 23.2 Å². The highest BCUT2D eigenvalue weighted by atomic mass is 35.5. The van der Waals surface area contributed by atoms with Crippen LogP contribution in [0.5, 0.6) is 0 Å². The molecule has 2 atom stereocenters. The van der Waals surface area contributed by atoms with Gasteiger partial charge in [0.15, 0.2) is 11.0 Å². The van der Waals surface area contributed by atoms with E-state index in [0.717, 1.165) is 0 Å². The van der Waals surface area contributed by atoms with Gasteiger partial charge in [0, 0.05) is 19.8 Å². The molecule has 2 aromatic rings. The fraction of sp³-hybridized carbons (Fsp3) is 0.529. The van der Waals surface area contributed by atoms with Crippen molar-refractivity contribution >= 4 is 46.0 Å². The minimum Gasteiger partial charge on any atom is -0.444 e. The Morgan fingerprint density at radius 2 is 2.00 bits per heavy atom. The molecule has 0 N–H and O–H groups in total. The van der Waals surface area contributed by atoms with Crippen molar-refractivity contribution < 1.29 is 18.3 Å². The Morgan fingerprint density at radius 3 is 2.64 bits per heavy atom. The van der Waals surface area contributed by atoms with Crippen molar-refractivity contribution in [1.82, 2.24) is 19.9 Å². The van der Waals surface area contributed by atoms with Crippen LogP contribution in [-0.2, 0) is 4.74 Å². The largest absolute Gasteiger partial charge is 0.444 e. The fourth-order valence-electron chi connectivity index (χ4n) is 3.01. The Morgan fingerprint density at radius 1 is 1.32 bits per heavy atom. The van der Waals surface area contributed by atoms with Crippen molar-refractivity contribution in [2.45, 2.75) is 38.6 Å². The number of pyridine rings is 1. The smallest absolute Gasteiger partial charge is 0.410 e. The molecule has 1 saturated heterocycles. The number of aromatic nitrogens is 3. The molecule has 0 aliphatic carbocycles. The van der Waals surface area contributed by atoms with Gasteiger partial charge in [-0.1, -0.05) is 11.6 Å². The summed E-state index contributed by atoms with van der Waals surface area (Å²) in [5, 5.41) is -0.333. The second-order valence-electron chi connectivity index (χ2n) is 7.52. The van der Waals surface area contributed by atoms with Crippen LogP contribution in [0.2, 0.25) is 10.4 Å². The van der Waals surface area contributed by atoms with Gasteiger partial charge in [0.05, 0.1) is 18.0 Å². The average molecular weight is 434 g/mol. The molecule has 1 aliphatic rings. The Kier molecular flexibility index (Phi) is 5.51. The van der Waals surface area contributed by atoms with Gasteiger partial charge < -0.3 is 14.5 Å². The topological polar surface area (TPSA) is 71.5 Å². The van der Waals surface area contributed by atoms with Crippen molar-refractivity contribution in [3.8, 4) is 0 Å². The molecule has 0 bridgehead atoms. The Balaban J connectivity index is 1.91. The number of anilines is 1. The molecule has 3 rings (SSSR count). The van der Waals surface area contributed by atoms with Gasteiger partial charge >= 0.3 is 6.09 Å². The van der Waals surface area contributed by atoms with E-state index in [4.69, 9.17) is 27.9 Å². The van der Waals surface area contributed by atoms with Gasteiger partial charge in [0.25, 0.3) is 0 Å². The molecule has 0 spiro atoms. The van der Waals surface area contributed by atoms with Gasteiger partial charge in [-0.05, 0) is 32.4 Å². The summed E-state index contributed by atoms with van der Waals surface area (Å²) in [5.41, 5.74) is -0.801. The molecule has 152 valence electrons. The van der Waals surface area contributed by atoms with Crippen molar-refractivity contribution in [3.63, 3.8) is 0 Å². The first kappa shape index (κ1) is 20.7. The first-order valence-corrected chi connectivity index (χ1v) is 9.25. The molecule has 28 heavy (non-hydrogen) atoms. The van der Waals surface area contributed by atoms with Crippen LogP contribution in [0.15, 0.2) is 6.20 Å². The average Bonchev–Trinajstić information content (AvgIpc) is 2.98. The molecular formula is C17H19Cl2F2N5O2. The summed E-state index contributed by atoms with van der Waals surface area (Å²) in [4.78, 5) is 26.8. The van der Waals surface area contributed by atoms with Gasteiger partial charge in [-0.2, -0.15) is 4.98 Å². The third-order valence-corrected chi connectivity index (χ3v) is 4.73. The summed E-state index contributed by atoms with van der Waals surface area (Å²) >= 11 is 11.6. The molecule has 0 radical (unpaired) electrons. The number of carbonyl (C=O) groups is 1. The van der Waals surface area contributed by atoms with Gasteiger partial charge in [0.2, 0.25) is 5.28 Å². The van der Waals surface area contributed by atoms with E-state index in [2.05, 4.69) is 15.0 Å². The van der Waals surface area contributed by atoms with Crippen molar-refractivity contribution in [3.05, 3.63) is 22.5 Å². The lowest BCUT2D eigenvalue weighted by molar-refractivity contribution is 0.0283. The Labute approximate surface area is 170 Å². The quantitative estimate of drug-likeness (QED) is 0.528. The highest BCUT2D eigenvalue weighted by Crippen LogP contribution is 2.32. The summed E-state index contributed by atoms with van der Waals surface area (Å²) in [6.07, 6.45) is -0.668. The van der Waals surface area contributed by atoms with Gasteiger partial charge in [0.1, 0.15) is 23.1 Å². The number of carbonyl (C=O) groups excluding carboxylic acids is 1. The number of nitrogens with zero attached hydrogens (tertiary/aromatic N) is 5. The minimum atomic E-state index is -1.37. The molecule has 1 amide bonds. The number of rotatable bonds is 2. The van der Waals surface area contributed by atoms with Crippen LogP contribution in [0.3, 0.4) is 0 Å². The van der Waals surface area contributed by atoms with Crippen LogP contribution in [0.1, 0.15) is 20.8 Å². The SMILES string of the molecule is CN(c1nc(Cl)nc2c(F)c(Cl)ncc12)[C@H]1CN(C(=O)OC(C)(C)C)CC1F. The molecule has 1 aliphatic heterocycles. The molecule has 0 saturated carbocycles. The van der Waals surface area contributed by atoms with Crippen LogP contribution < -0.4 is 4.90 Å². The highest BCUT2D eigenvalue weighted by molar-refractivity contribution is 6.30. The zero-order valence-corrected chi connectivity index (χ0v) is 17.2. The maximum atomic E-state index is 14.7. The van der Waals surface area contributed by atoms with E-state index >= 15 is 0 Å². The Hall–Kier alpha value is -2.00. The zero-order valence-electron chi connectivity index (χ0n) is 15.7. The fourth-order valence-corrected chi connectivity index (χ4v) is 3.31. The van der Waals surface area contributed by atoms with E-state index in [-0.39, 0.29) is 40.2 Å². The maximum absolute atomic E-state index is 14.7. The number of fused-ring (bicyclic) bond motifs is 1. The van der Waals surface area contributed by atoms with Gasteiger partial charge in [-0.15, -0.1) is 0 Å². The predicted octanol–water partition coefficient (Wildman–Crippen LogP) is 3.86. The summed E-state index contributed by atoms with van der Waals surface area (Å²) in [7, 11) is 1.58. The monoisotopic (exact) mass is 433 g/mol. The van der Waals surface area contributed by atoms with Crippen LogP contribution in [0.4, 0.5) is 19.4 Å².